The molecule has 3 heterocycles. The summed E-state index contributed by atoms with van der Waals surface area (Å²) in [5.41, 5.74) is 1.28. The summed E-state index contributed by atoms with van der Waals surface area (Å²) >= 11 is 0. The Hall–Kier alpha value is -4.60. The number of pyridine rings is 1. The van der Waals surface area contributed by atoms with Gasteiger partial charge in [-0.3, -0.25) is 10.1 Å². The SMILES string of the molecule is FC(F)(F)c1ccccc1-c1nc(Nc2cc(-c3ccccc3)[nH]n2)nc(-c2ccncc2)n1. The molecular formula is C24H16F3N7. The van der Waals surface area contributed by atoms with Crippen LogP contribution in [0.25, 0.3) is 34.0 Å². The van der Waals surface area contributed by atoms with Crippen molar-refractivity contribution in [3.63, 3.8) is 0 Å². The number of hydrogen-bond acceptors (Lipinski definition) is 6. The summed E-state index contributed by atoms with van der Waals surface area (Å²) in [6.45, 7) is 0. The summed E-state index contributed by atoms with van der Waals surface area (Å²) in [6, 6.07) is 19.8. The summed E-state index contributed by atoms with van der Waals surface area (Å²) in [5, 5.41) is 10.1. The van der Waals surface area contributed by atoms with Gasteiger partial charge in [-0.15, -0.1) is 0 Å². The van der Waals surface area contributed by atoms with Gasteiger partial charge in [0, 0.05) is 29.6 Å². The maximum Gasteiger partial charge on any atom is 0.417 e. The second-order valence-electron chi connectivity index (χ2n) is 7.24. The Balaban J connectivity index is 1.58. The standard InChI is InChI=1S/C24H16F3N7/c25-24(26,27)18-9-5-4-8-17(18)22-30-21(16-10-12-28-13-11-16)31-23(32-22)29-20-14-19(33-34-20)15-6-2-1-3-7-15/h1-14H,(H2,29,30,31,32,33,34). The van der Waals surface area contributed by atoms with E-state index in [1.54, 1.807) is 30.6 Å². The van der Waals surface area contributed by atoms with Crippen LogP contribution in [0.3, 0.4) is 0 Å². The molecule has 0 amide bonds. The van der Waals surface area contributed by atoms with Crippen molar-refractivity contribution in [1.29, 1.82) is 0 Å². The molecule has 0 saturated heterocycles. The Morgan fingerprint density at radius 3 is 2.21 bits per heavy atom. The van der Waals surface area contributed by atoms with Crippen LogP contribution >= 0.6 is 0 Å². The third-order valence-electron chi connectivity index (χ3n) is 4.95. The number of aromatic amines is 1. The Labute approximate surface area is 191 Å². The van der Waals surface area contributed by atoms with E-state index in [9.17, 15) is 13.2 Å². The van der Waals surface area contributed by atoms with Crippen LogP contribution in [-0.4, -0.2) is 30.1 Å². The van der Waals surface area contributed by atoms with Gasteiger partial charge in [0.1, 0.15) is 0 Å². The number of benzene rings is 2. The van der Waals surface area contributed by atoms with E-state index in [4.69, 9.17) is 0 Å². The Bertz CT molecular complexity index is 1420. The molecule has 0 fully saturated rings. The molecule has 0 aliphatic rings. The highest BCUT2D eigenvalue weighted by Crippen LogP contribution is 2.36. The number of aromatic nitrogens is 6. The highest BCUT2D eigenvalue weighted by molar-refractivity contribution is 5.68. The van der Waals surface area contributed by atoms with Gasteiger partial charge in [0.05, 0.1) is 11.3 Å². The minimum atomic E-state index is -4.57. The molecular weight excluding hydrogens is 443 g/mol. The highest BCUT2D eigenvalue weighted by atomic mass is 19.4. The average Bonchev–Trinajstić information content (AvgIpc) is 3.33. The molecule has 0 radical (unpaired) electrons. The zero-order valence-corrected chi connectivity index (χ0v) is 17.5. The fourth-order valence-electron chi connectivity index (χ4n) is 3.37. The first-order chi connectivity index (χ1) is 16.5. The van der Waals surface area contributed by atoms with Crippen molar-refractivity contribution in [1.82, 2.24) is 30.1 Å². The van der Waals surface area contributed by atoms with Gasteiger partial charge in [-0.25, -0.2) is 4.98 Å². The van der Waals surface area contributed by atoms with E-state index in [-0.39, 0.29) is 23.2 Å². The highest BCUT2D eigenvalue weighted by Gasteiger charge is 2.34. The van der Waals surface area contributed by atoms with Crippen LogP contribution < -0.4 is 5.32 Å². The number of halogens is 3. The first-order valence-electron chi connectivity index (χ1n) is 10.2. The van der Waals surface area contributed by atoms with E-state index in [1.165, 1.54) is 18.2 Å². The number of H-pyrrole nitrogens is 1. The number of anilines is 2. The van der Waals surface area contributed by atoms with Crippen LogP contribution in [0, 0.1) is 0 Å². The Morgan fingerprint density at radius 2 is 1.44 bits per heavy atom. The molecule has 0 bridgehead atoms. The fourth-order valence-corrected chi connectivity index (χ4v) is 3.37. The molecule has 0 unspecified atom stereocenters. The fraction of sp³-hybridized carbons (Fsp3) is 0.0417. The second-order valence-corrected chi connectivity index (χ2v) is 7.24. The van der Waals surface area contributed by atoms with Crippen LogP contribution in [0.4, 0.5) is 24.9 Å². The minimum absolute atomic E-state index is 0.0555. The Kier molecular flexibility index (Phi) is 5.46. The predicted molar refractivity (Wildman–Crippen MR) is 121 cm³/mol. The molecule has 34 heavy (non-hydrogen) atoms. The first kappa shape index (κ1) is 21.3. The van der Waals surface area contributed by atoms with Crippen molar-refractivity contribution in [2.24, 2.45) is 0 Å². The molecule has 5 rings (SSSR count). The van der Waals surface area contributed by atoms with Gasteiger partial charge < -0.3 is 5.32 Å². The van der Waals surface area contributed by atoms with Crippen LogP contribution in [0.1, 0.15) is 5.56 Å². The topological polar surface area (TPSA) is 92.3 Å². The first-order valence-corrected chi connectivity index (χ1v) is 10.2. The largest absolute Gasteiger partial charge is 0.417 e. The lowest BCUT2D eigenvalue weighted by Gasteiger charge is -2.13. The summed E-state index contributed by atoms with van der Waals surface area (Å²) in [6.07, 6.45) is -1.47. The van der Waals surface area contributed by atoms with Crippen molar-refractivity contribution in [2.45, 2.75) is 6.18 Å². The van der Waals surface area contributed by atoms with Gasteiger partial charge in [-0.2, -0.15) is 28.2 Å². The quantitative estimate of drug-likeness (QED) is 0.348. The van der Waals surface area contributed by atoms with Crippen molar-refractivity contribution in [3.05, 3.63) is 90.8 Å². The van der Waals surface area contributed by atoms with Gasteiger partial charge in [0.25, 0.3) is 0 Å². The predicted octanol–water partition coefficient (Wildman–Crippen LogP) is 5.75. The molecule has 0 aliphatic heterocycles. The number of alkyl halides is 3. The molecule has 10 heteroatoms. The van der Waals surface area contributed by atoms with E-state index in [1.807, 2.05) is 30.3 Å². The van der Waals surface area contributed by atoms with Crippen molar-refractivity contribution in [2.75, 3.05) is 5.32 Å². The summed E-state index contributed by atoms with van der Waals surface area (Å²) < 4.78 is 41.0. The molecule has 2 N–H and O–H groups in total. The van der Waals surface area contributed by atoms with E-state index in [2.05, 4.69) is 35.5 Å². The van der Waals surface area contributed by atoms with Gasteiger partial charge >= 0.3 is 6.18 Å². The van der Waals surface area contributed by atoms with Crippen molar-refractivity contribution in [3.8, 4) is 34.0 Å². The monoisotopic (exact) mass is 459 g/mol. The van der Waals surface area contributed by atoms with Gasteiger partial charge in [-0.05, 0) is 23.8 Å². The lowest BCUT2D eigenvalue weighted by Crippen LogP contribution is -2.09. The van der Waals surface area contributed by atoms with Crippen LogP contribution in [0.5, 0.6) is 0 Å². The summed E-state index contributed by atoms with van der Waals surface area (Å²) in [4.78, 5) is 17.0. The van der Waals surface area contributed by atoms with Gasteiger partial charge in [0.15, 0.2) is 17.5 Å². The molecule has 0 spiro atoms. The second kappa shape index (κ2) is 8.74. The lowest BCUT2D eigenvalue weighted by molar-refractivity contribution is -0.137. The van der Waals surface area contributed by atoms with Crippen molar-refractivity contribution < 1.29 is 13.2 Å². The maximum atomic E-state index is 13.7. The Morgan fingerprint density at radius 1 is 0.735 bits per heavy atom. The van der Waals surface area contributed by atoms with E-state index >= 15 is 0 Å². The number of nitrogens with one attached hydrogen (secondary N) is 2. The maximum absolute atomic E-state index is 13.7. The molecule has 3 aromatic heterocycles. The van der Waals surface area contributed by atoms with Crippen LogP contribution in [0.15, 0.2) is 85.2 Å². The normalized spacial score (nSPS) is 11.4. The van der Waals surface area contributed by atoms with E-state index in [0.29, 0.717) is 11.4 Å². The zero-order chi connectivity index (χ0) is 23.5. The van der Waals surface area contributed by atoms with Crippen LogP contribution in [0.2, 0.25) is 0 Å². The van der Waals surface area contributed by atoms with E-state index < -0.39 is 11.7 Å². The van der Waals surface area contributed by atoms with Gasteiger partial charge in [-0.1, -0.05) is 48.5 Å². The molecule has 2 aromatic carbocycles. The van der Waals surface area contributed by atoms with Crippen molar-refractivity contribution >= 4 is 11.8 Å². The lowest BCUT2D eigenvalue weighted by atomic mass is 10.1. The number of rotatable bonds is 5. The summed E-state index contributed by atoms with van der Waals surface area (Å²) in [5.74, 6) is 0.544. The van der Waals surface area contributed by atoms with Gasteiger partial charge in [0.2, 0.25) is 5.95 Å². The third kappa shape index (κ3) is 4.46. The number of nitrogens with zero attached hydrogens (tertiary/aromatic N) is 5. The van der Waals surface area contributed by atoms with E-state index in [0.717, 1.165) is 17.3 Å². The molecule has 0 aliphatic carbocycles. The molecule has 0 saturated carbocycles. The molecule has 168 valence electrons. The molecule has 7 nitrogen and oxygen atoms in total. The molecule has 5 aromatic rings. The molecule has 0 atom stereocenters. The number of hydrogen-bond donors (Lipinski definition) is 2. The zero-order valence-electron chi connectivity index (χ0n) is 17.5. The average molecular weight is 459 g/mol. The summed E-state index contributed by atoms with van der Waals surface area (Å²) in [7, 11) is 0. The smallest absolute Gasteiger partial charge is 0.307 e. The minimum Gasteiger partial charge on any atom is -0.307 e. The third-order valence-corrected chi connectivity index (χ3v) is 4.95. The van der Waals surface area contributed by atoms with Crippen LogP contribution in [-0.2, 0) is 6.18 Å².